The van der Waals surface area contributed by atoms with Gasteiger partial charge in [0.05, 0.1) is 14.7 Å². The van der Waals surface area contributed by atoms with Gasteiger partial charge in [-0.25, -0.2) is 0 Å². The molecule has 0 amide bonds. The number of benzene rings is 1. The summed E-state index contributed by atoms with van der Waals surface area (Å²) in [5.41, 5.74) is 7.35. The van der Waals surface area contributed by atoms with Crippen LogP contribution in [-0.4, -0.2) is 13.2 Å². The Morgan fingerprint density at radius 2 is 1.78 bits per heavy atom. The smallest absolute Gasteiger partial charge is 0.0895 e. The van der Waals surface area contributed by atoms with Crippen molar-refractivity contribution in [2.45, 2.75) is 97.4 Å². The van der Waals surface area contributed by atoms with Crippen molar-refractivity contribution < 1.29 is 5.11 Å². The predicted octanol–water partition coefficient (Wildman–Crippen LogP) is 5.12. The molecule has 1 nitrogen and oxygen atoms in total. The van der Waals surface area contributed by atoms with E-state index in [1.54, 1.807) is 10.8 Å². The lowest BCUT2D eigenvalue weighted by Gasteiger charge is -2.40. The van der Waals surface area contributed by atoms with Gasteiger partial charge in [0, 0.05) is 0 Å². The van der Waals surface area contributed by atoms with E-state index in [0.717, 1.165) is 0 Å². The molecule has 130 valence electrons. The number of fused-ring (bicyclic) bond motifs is 1. The molecule has 0 bridgehead atoms. The number of aliphatic hydroxyl groups is 1. The van der Waals surface area contributed by atoms with Gasteiger partial charge in [0.2, 0.25) is 0 Å². The second kappa shape index (κ2) is 7.52. The molecule has 0 aromatic heterocycles. The largest absolute Gasteiger partial charge is 0.392 e. The zero-order valence-electron chi connectivity index (χ0n) is 16.1. The first-order chi connectivity index (χ1) is 10.9. The fourth-order valence-electron chi connectivity index (χ4n) is 4.55. The van der Waals surface area contributed by atoms with Crippen molar-refractivity contribution in [2.24, 2.45) is 0 Å². The highest BCUT2D eigenvalue weighted by atomic mass is 28.3. The van der Waals surface area contributed by atoms with E-state index in [4.69, 9.17) is 0 Å². The lowest BCUT2D eigenvalue weighted by Crippen LogP contribution is -2.53. The van der Waals surface area contributed by atoms with Crippen LogP contribution in [0, 0.1) is 0 Å². The highest BCUT2D eigenvalue weighted by Crippen LogP contribution is 2.37. The van der Waals surface area contributed by atoms with Crippen LogP contribution in [-0.2, 0) is 25.9 Å². The normalized spacial score (nSPS) is 14.8. The van der Waals surface area contributed by atoms with Crippen molar-refractivity contribution >= 4 is 13.3 Å². The van der Waals surface area contributed by atoms with Crippen LogP contribution in [0.3, 0.4) is 0 Å². The molecule has 0 heterocycles. The van der Waals surface area contributed by atoms with Crippen LogP contribution in [0.15, 0.2) is 6.07 Å². The quantitative estimate of drug-likeness (QED) is 0.687. The van der Waals surface area contributed by atoms with Gasteiger partial charge in [0.15, 0.2) is 0 Å². The zero-order valence-corrected chi connectivity index (χ0v) is 17.1. The lowest BCUT2D eigenvalue weighted by atomic mass is 9.97. The number of hydrogen-bond donors (Lipinski definition) is 1. The van der Waals surface area contributed by atoms with Crippen molar-refractivity contribution in [2.75, 3.05) is 0 Å². The molecule has 0 fully saturated rings. The SMILES string of the molecule is CCCCc1cc2c(c(CO)c1[Si](C)(C(C)C)C(C)C)CCC2. The van der Waals surface area contributed by atoms with Crippen molar-refractivity contribution in [1.82, 2.24) is 0 Å². The number of aliphatic hydroxyl groups excluding tert-OH is 1. The van der Waals surface area contributed by atoms with E-state index >= 15 is 0 Å². The minimum Gasteiger partial charge on any atom is -0.392 e. The van der Waals surface area contributed by atoms with Crippen molar-refractivity contribution in [3.63, 3.8) is 0 Å². The molecule has 2 heteroatoms. The number of aryl methyl sites for hydroxylation is 2. The van der Waals surface area contributed by atoms with Crippen LogP contribution in [0.25, 0.3) is 0 Å². The van der Waals surface area contributed by atoms with Gasteiger partial charge in [-0.05, 0) is 65.4 Å². The Hall–Kier alpha value is -0.603. The fraction of sp³-hybridized carbons (Fsp3) is 0.714. The van der Waals surface area contributed by atoms with Crippen molar-refractivity contribution in [3.05, 3.63) is 28.3 Å². The molecule has 0 unspecified atom stereocenters. The first-order valence-corrected chi connectivity index (χ1v) is 12.3. The minimum absolute atomic E-state index is 0.236. The van der Waals surface area contributed by atoms with Gasteiger partial charge in [0.25, 0.3) is 0 Å². The fourth-order valence-corrected chi connectivity index (χ4v) is 8.81. The van der Waals surface area contributed by atoms with E-state index in [1.807, 2.05) is 0 Å². The molecule has 0 radical (unpaired) electrons. The first-order valence-electron chi connectivity index (χ1n) is 9.65. The Labute approximate surface area is 144 Å². The Balaban J connectivity index is 2.72. The summed E-state index contributed by atoms with van der Waals surface area (Å²) in [6.07, 6.45) is 7.34. The van der Waals surface area contributed by atoms with Gasteiger partial charge < -0.3 is 5.11 Å². The van der Waals surface area contributed by atoms with E-state index in [0.29, 0.717) is 11.1 Å². The van der Waals surface area contributed by atoms with Crippen molar-refractivity contribution in [3.8, 4) is 0 Å². The third-order valence-electron chi connectivity index (χ3n) is 6.49. The molecule has 0 spiro atoms. The summed E-state index contributed by atoms with van der Waals surface area (Å²) < 4.78 is 0. The average Bonchev–Trinajstić information content (AvgIpc) is 2.98. The average molecular weight is 333 g/mol. The van der Waals surface area contributed by atoms with E-state index in [1.165, 1.54) is 55.2 Å². The maximum atomic E-state index is 10.3. The second-order valence-corrected chi connectivity index (χ2v) is 13.6. The van der Waals surface area contributed by atoms with Crippen molar-refractivity contribution in [1.29, 1.82) is 0 Å². The molecular weight excluding hydrogens is 296 g/mol. The van der Waals surface area contributed by atoms with Gasteiger partial charge in [-0.1, -0.05) is 58.8 Å². The molecule has 1 aliphatic carbocycles. The standard InChI is InChI=1S/C21H36OSi/c1-7-8-10-18-13-17-11-9-12-19(17)20(14-22)21(18)23(6,15(2)3)16(4)5/h13,15-16,22H,7-12,14H2,1-6H3. The molecule has 1 aliphatic rings. The summed E-state index contributed by atoms with van der Waals surface area (Å²) >= 11 is 0. The summed E-state index contributed by atoms with van der Waals surface area (Å²) in [5.74, 6) is 0. The maximum absolute atomic E-state index is 10.3. The molecule has 23 heavy (non-hydrogen) atoms. The van der Waals surface area contributed by atoms with Crippen LogP contribution >= 0.6 is 0 Å². The molecule has 0 aliphatic heterocycles. The van der Waals surface area contributed by atoms with E-state index in [9.17, 15) is 5.11 Å². The summed E-state index contributed by atoms with van der Waals surface area (Å²) in [6, 6.07) is 2.53. The number of rotatable bonds is 7. The second-order valence-electron chi connectivity index (χ2n) is 8.23. The van der Waals surface area contributed by atoms with E-state index in [-0.39, 0.29) is 6.61 Å². The van der Waals surface area contributed by atoms with Crippen LogP contribution in [0.1, 0.15) is 76.1 Å². The zero-order chi connectivity index (χ0) is 17.2. The Morgan fingerprint density at radius 1 is 1.13 bits per heavy atom. The number of hydrogen-bond acceptors (Lipinski definition) is 1. The number of unbranched alkanes of at least 4 members (excludes halogenated alkanes) is 1. The molecule has 2 rings (SSSR count). The van der Waals surface area contributed by atoms with Gasteiger partial charge >= 0.3 is 0 Å². The first kappa shape index (κ1) is 18.7. The predicted molar refractivity (Wildman–Crippen MR) is 104 cm³/mol. The summed E-state index contributed by atoms with van der Waals surface area (Å²) in [7, 11) is -1.64. The highest BCUT2D eigenvalue weighted by Gasteiger charge is 2.40. The van der Waals surface area contributed by atoms with E-state index in [2.05, 4.69) is 47.2 Å². The molecule has 1 aromatic carbocycles. The Morgan fingerprint density at radius 3 is 2.30 bits per heavy atom. The summed E-state index contributed by atoms with van der Waals surface area (Å²) in [5, 5.41) is 11.9. The van der Waals surface area contributed by atoms with Crippen LogP contribution in [0.5, 0.6) is 0 Å². The lowest BCUT2D eigenvalue weighted by molar-refractivity contribution is 0.281. The highest BCUT2D eigenvalue weighted by molar-refractivity contribution is 6.93. The molecule has 0 saturated carbocycles. The summed E-state index contributed by atoms with van der Waals surface area (Å²) in [6.45, 7) is 14.7. The summed E-state index contributed by atoms with van der Waals surface area (Å²) in [4.78, 5) is 0. The Bertz CT molecular complexity index is 537. The Kier molecular flexibility index (Phi) is 6.13. The maximum Gasteiger partial charge on any atom is 0.0895 e. The third kappa shape index (κ3) is 3.30. The topological polar surface area (TPSA) is 20.2 Å². The van der Waals surface area contributed by atoms with Gasteiger partial charge in [-0.3, -0.25) is 0 Å². The van der Waals surface area contributed by atoms with Gasteiger partial charge in [0.1, 0.15) is 0 Å². The third-order valence-corrected chi connectivity index (χ3v) is 13.0. The molecular formula is C21H36OSi. The minimum atomic E-state index is -1.64. The monoisotopic (exact) mass is 332 g/mol. The molecule has 0 saturated heterocycles. The van der Waals surface area contributed by atoms with Gasteiger partial charge in [-0.2, -0.15) is 0 Å². The molecule has 0 atom stereocenters. The molecule has 1 aromatic rings. The van der Waals surface area contributed by atoms with Crippen LogP contribution < -0.4 is 5.19 Å². The van der Waals surface area contributed by atoms with Gasteiger partial charge in [-0.15, -0.1) is 0 Å². The van der Waals surface area contributed by atoms with Crippen LogP contribution in [0.4, 0.5) is 0 Å². The van der Waals surface area contributed by atoms with E-state index < -0.39 is 8.07 Å². The van der Waals surface area contributed by atoms with Crippen LogP contribution in [0.2, 0.25) is 17.6 Å². The molecule has 1 N–H and O–H groups in total.